The van der Waals surface area contributed by atoms with Gasteiger partial charge >= 0.3 is 0 Å². The number of fused-ring (bicyclic) bond motifs is 1. The third kappa shape index (κ3) is 6.74. The van der Waals surface area contributed by atoms with Crippen LogP contribution in [0.25, 0.3) is 11.0 Å². The van der Waals surface area contributed by atoms with Crippen molar-refractivity contribution >= 4 is 16.9 Å². The minimum atomic E-state index is -1.08. The molecule has 0 spiro atoms. The lowest BCUT2D eigenvalue weighted by atomic mass is 9.71. The normalized spacial score (nSPS) is 20.1. The molecular formula is C40H43FN4O2. The number of carbonyl (C=O) groups excluding carboxylic acids is 1. The van der Waals surface area contributed by atoms with Crippen LogP contribution >= 0.6 is 0 Å². The summed E-state index contributed by atoms with van der Waals surface area (Å²) in [6.45, 7) is 4.19. The Labute approximate surface area is 276 Å². The zero-order chi connectivity index (χ0) is 32.3. The molecule has 7 heteroatoms. The van der Waals surface area contributed by atoms with Crippen molar-refractivity contribution in [3.63, 3.8) is 0 Å². The topological polar surface area (TPSA) is 61.6 Å². The maximum atomic E-state index is 14.3. The number of halogens is 1. The highest BCUT2D eigenvalue weighted by Crippen LogP contribution is 2.40. The summed E-state index contributed by atoms with van der Waals surface area (Å²) in [5.41, 5.74) is 3.60. The van der Waals surface area contributed by atoms with Gasteiger partial charge in [0.2, 0.25) is 5.91 Å². The number of piperidine rings is 2. The second-order valence-electron chi connectivity index (χ2n) is 13.5. The van der Waals surface area contributed by atoms with E-state index in [0.29, 0.717) is 31.8 Å². The van der Waals surface area contributed by atoms with E-state index in [9.17, 15) is 14.3 Å². The lowest BCUT2D eigenvalue weighted by molar-refractivity contribution is -0.148. The summed E-state index contributed by atoms with van der Waals surface area (Å²) < 4.78 is 15.7. The van der Waals surface area contributed by atoms with E-state index in [0.717, 1.165) is 74.0 Å². The molecule has 2 aliphatic rings. The molecule has 5 aromatic rings. The van der Waals surface area contributed by atoms with Gasteiger partial charge in [0.25, 0.3) is 0 Å². The van der Waals surface area contributed by atoms with Crippen LogP contribution in [-0.2, 0) is 29.9 Å². The van der Waals surface area contributed by atoms with Crippen LogP contribution in [0.2, 0.25) is 0 Å². The smallest absolute Gasteiger partial charge is 0.229 e. The number of imidazole rings is 1. The van der Waals surface area contributed by atoms with E-state index in [4.69, 9.17) is 4.98 Å². The first-order chi connectivity index (χ1) is 22.9. The highest BCUT2D eigenvalue weighted by atomic mass is 19.1. The Morgan fingerprint density at radius 2 is 1.36 bits per heavy atom. The molecule has 0 bridgehead atoms. The molecule has 2 aliphatic heterocycles. The third-order valence-electron chi connectivity index (χ3n) is 10.3. The van der Waals surface area contributed by atoms with E-state index in [1.165, 1.54) is 17.7 Å². The molecule has 47 heavy (non-hydrogen) atoms. The van der Waals surface area contributed by atoms with Crippen LogP contribution in [0.3, 0.4) is 0 Å². The van der Waals surface area contributed by atoms with Gasteiger partial charge in [-0.15, -0.1) is 0 Å². The molecule has 2 fully saturated rings. The second kappa shape index (κ2) is 13.4. The number of rotatable bonds is 10. The van der Waals surface area contributed by atoms with Crippen molar-refractivity contribution in [2.24, 2.45) is 5.41 Å². The summed E-state index contributed by atoms with van der Waals surface area (Å²) in [5.74, 6) is 0.668. The SMILES string of the molecule is O=C1N(Cc2ccccc2)CCCC1(CCN1CCC(O)(c2nc3ccccc3n2Cc2ccc(F)cc2)CC1)Cc1ccccc1. The Bertz CT molecular complexity index is 1800. The van der Waals surface area contributed by atoms with Crippen molar-refractivity contribution < 1.29 is 14.3 Å². The second-order valence-corrected chi connectivity index (χ2v) is 13.5. The standard InChI is InChI=1S/C40H43FN4O2/c41-34-18-16-33(17-19-34)30-45-36-15-8-7-14-35(36)42-37(45)40(47)22-26-43(27-23-40)25-21-39(28-31-10-3-1-4-11-31)20-9-24-44(38(39)46)29-32-12-5-2-6-13-32/h1-8,10-19,47H,9,20-30H2. The van der Waals surface area contributed by atoms with E-state index in [-0.39, 0.29) is 11.7 Å². The van der Waals surface area contributed by atoms with Crippen LogP contribution in [0.1, 0.15) is 54.6 Å². The molecule has 6 nitrogen and oxygen atoms in total. The number of hydrogen-bond donors (Lipinski definition) is 1. The average molecular weight is 631 g/mol. The Morgan fingerprint density at radius 3 is 2.09 bits per heavy atom. The maximum Gasteiger partial charge on any atom is 0.229 e. The van der Waals surface area contributed by atoms with Crippen molar-refractivity contribution in [2.75, 3.05) is 26.2 Å². The minimum absolute atomic E-state index is 0.263. The van der Waals surface area contributed by atoms with Gasteiger partial charge in [-0.1, -0.05) is 84.9 Å². The molecule has 0 saturated carbocycles. The van der Waals surface area contributed by atoms with E-state index in [1.54, 1.807) is 12.1 Å². The van der Waals surface area contributed by atoms with Crippen LogP contribution in [0.5, 0.6) is 0 Å². The first-order valence-electron chi connectivity index (χ1n) is 16.9. The molecule has 4 aromatic carbocycles. The lowest BCUT2D eigenvalue weighted by Gasteiger charge is -2.44. The van der Waals surface area contributed by atoms with Crippen molar-refractivity contribution in [3.8, 4) is 0 Å². The molecule has 1 unspecified atom stereocenters. The van der Waals surface area contributed by atoms with Crippen molar-refractivity contribution in [1.82, 2.24) is 19.4 Å². The van der Waals surface area contributed by atoms with Crippen LogP contribution in [0, 0.1) is 11.2 Å². The molecule has 0 radical (unpaired) electrons. The summed E-state index contributed by atoms with van der Waals surface area (Å²) in [6, 6.07) is 35.2. The van der Waals surface area contributed by atoms with Crippen molar-refractivity contribution in [1.29, 1.82) is 0 Å². The molecule has 1 atom stereocenters. The predicted molar refractivity (Wildman–Crippen MR) is 183 cm³/mol. The van der Waals surface area contributed by atoms with Crippen LogP contribution in [0.4, 0.5) is 4.39 Å². The zero-order valence-electron chi connectivity index (χ0n) is 26.9. The van der Waals surface area contributed by atoms with Gasteiger partial charge in [-0.3, -0.25) is 4.79 Å². The van der Waals surface area contributed by atoms with Crippen LogP contribution in [0.15, 0.2) is 109 Å². The van der Waals surface area contributed by atoms with Crippen molar-refractivity contribution in [2.45, 2.75) is 57.2 Å². The third-order valence-corrected chi connectivity index (χ3v) is 10.3. The number of benzene rings is 4. The van der Waals surface area contributed by atoms with Gasteiger partial charge in [-0.05, 0) is 86.0 Å². The first kappa shape index (κ1) is 31.3. The number of nitrogens with zero attached hydrogens (tertiary/aromatic N) is 4. The summed E-state index contributed by atoms with van der Waals surface area (Å²) in [6.07, 6.45) is 4.52. The molecule has 1 aromatic heterocycles. The van der Waals surface area contributed by atoms with Gasteiger partial charge in [0, 0.05) is 32.7 Å². The minimum Gasteiger partial charge on any atom is -0.382 e. The number of aliphatic hydroxyl groups is 1. The van der Waals surface area contributed by atoms with E-state index in [2.05, 4.69) is 50.8 Å². The number of amides is 1. The monoisotopic (exact) mass is 630 g/mol. The number of hydrogen-bond acceptors (Lipinski definition) is 4. The van der Waals surface area contributed by atoms with Gasteiger partial charge in [0.1, 0.15) is 17.2 Å². The Kier molecular flexibility index (Phi) is 8.93. The predicted octanol–water partition coefficient (Wildman–Crippen LogP) is 6.95. The quantitative estimate of drug-likeness (QED) is 0.182. The zero-order valence-corrected chi connectivity index (χ0v) is 26.9. The van der Waals surface area contributed by atoms with Gasteiger partial charge in [-0.2, -0.15) is 0 Å². The average Bonchev–Trinajstić information content (AvgIpc) is 3.47. The summed E-state index contributed by atoms with van der Waals surface area (Å²) in [7, 11) is 0. The first-order valence-corrected chi connectivity index (χ1v) is 16.9. The van der Waals surface area contributed by atoms with Gasteiger partial charge < -0.3 is 19.5 Å². The molecule has 242 valence electrons. The Morgan fingerprint density at radius 1 is 0.723 bits per heavy atom. The van der Waals surface area contributed by atoms with Gasteiger partial charge in [0.05, 0.1) is 16.4 Å². The molecular weight excluding hydrogens is 587 g/mol. The van der Waals surface area contributed by atoms with Gasteiger partial charge in [-0.25, -0.2) is 9.37 Å². The highest BCUT2D eigenvalue weighted by molar-refractivity contribution is 5.84. The molecule has 3 heterocycles. The maximum absolute atomic E-state index is 14.3. The molecule has 1 N–H and O–H groups in total. The number of likely N-dealkylation sites (tertiary alicyclic amines) is 2. The summed E-state index contributed by atoms with van der Waals surface area (Å²) >= 11 is 0. The van der Waals surface area contributed by atoms with E-state index >= 15 is 0 Å². The summed E-state index contributed by atoms with van der Waals surface area (Å²) in [5, 5.41) is 12.1. The van der Waals surface area contributed by atoms with Gasteiger partial charge in [0.15, 0.2) is 0 Å². The Hall–Kier alpha value is -4.33. The summed E-state index contributed by atoms with van der Waals surface area (Å²) in [4.78, 5) is 23.8. The molecule has 0 aliphatic carbocycles. The fourth-order valence-corrected chi connectivity index (χ4v) is 7.68. The molecule has 1 amide bonds. The fourth-order valence-electron chi connectivity index (χ4n) is 7.68. The van der Waals surface area contributed by atoms with Crippen LogP contribution in [-0.4, -0.2) is 56.5 Å². The van der Waals surface area contributed by atoms with Crippen molar-refractivity contribution in [3.05, 3.63) is 138 Å². The number of aromatic nitrogens is 2. The number of carbonyl (C=O) groups is 1. The van der Waals surface area contributed by atoms with E-state index in [1.807, 2.05) is 48.5 Å². The highest BCUT2D eigenvalue weighted by Gasteiger charge is 2.45. The van der Waals surface area contributed by atoms with Crippen LogP contribution < -0.4 is 0 Å². The van der Waals surface area contributed by atoms with E-state index < -0.39 is 11.0 Å². The molecule has 2 saturated heterocycles. The largest absolute Gasteiger partial charge is 0.382 e. The lowest BCUT2D eigenvalue weighted by Crippen LogP contribution is -2.51. The fraction of sp³-hybridized carbons (Fsp3) is 0.350. The molecule has 7 rings (SSSR count). The Balaban J connectivity index is 1.08. The number of para-hydroxylation sites is 2.